The number of hydrogen-bond acceptors (Lipinski definition) is 8. The number of fused-ring (bicyclic) bond motifs is 1. The Morgan fingerprint density at radius 3 is 2.66 bits per heavy atom. The fourth-order valence-corrected chi connectivity index (χ4v) is 3.68. The highest BCUT2D eigenvalue weighted by Gasteiger charge is 2.32. The Bertz CT molecular complexity index is 1030. The molecule has 10 heteroatoms. The normalized spacial score (nSPS) is 18.1. The summed E-state index contributed by atoms with van der Waals surface area (Å²) in [5.41, 5.74) is 4.12. The van der Waals surface area contributed by atoms with E-state index < -0.39 is 0 Å². The minimum Gasteiger partial charge on any atom is -0.393 e. The second-order valence-electron chi connectivity index (χ2n) is 8.66. The Labute approximate surface area is 207 Å². The SMILES string of the molecule is CN/C=C(\C(=N)N1CC(OCCOC)C1)C1=CNC2=CC=C(NC(=N)C=C(C=N)C(C)C)NC2=C1. The van der Waals surface area contributed by atoms with Crippen LogP contribution in [0.15, 0.2) is 70.6 Å². The number of hydrogen-bond donors (Lipinski definition) is 7. The van der Waals surface area contributed by atoms with E-state index in [1.165, 1.54) is 6.21 Å². The van der Waals surface area contributed by atoms with Gasteiger partial charge in [-0.1, -0.05) is 13.8 Å². The standard InChI is InChI=1S/C25H36N8O2/c1-16(2)17(11-26)10-23(27)32-24-6-5-21-22(31-24)9-18(12-30-21)20(13-29-3)25(28)33-14-19(15-33)35-8-7-34-4/h5-6,9-13,16,19,26,28-31H,7-8,14-15H2,1-4H3,(H2,27,32)/b17-10?,20-13-,26-11?,28-25?. The van der Waals surface area contributed by atoms with Crippen molar-refractivity contribution < 1.29 is 9.47 Å². The van der Waals surface area contributed by atoms with Gasteiger partial charge in [-0.15, -0.1) is 0 Å². The lowest BCUT2D eigenvalue weighted by molar-refractivity contribution is -0.0427. The molecule has 0 amide bonds. The van der Waals surface area contributed by atoms with Crippen LogP contribution < -0.4 is 21.3 Å². The van der Waals surface area contributed by atoms with Crippen LogP contribution in [0.3, 0.4) is 0 Å². The number of likely N-dealkylation sites (tertiary alicyclic amines) is 1. The molecule has 1 saturated heterocycles. The van der Waals surface area contributed by atoms with Crippen molar-refractivity contribution in [1.29, 1.82) is 16.2 Å². The predicted octanol–water partition coefficient (Wildman–Crippen LogP) is 1.91. The lowest BCUT2D eigenvalue weighted by Crippen LogP contribution is -2.55. The topological polar surface area (TPSA) is 141 Å². The van der Waals surface area contributed by atoms with Crippen LogP contribution in [0.4, 0.5) is 0 Å². The van der Waals surface area contributed by atoms with Crippen molar-refractivity contribution in [2.24, 2.45) is 5.92 Å². The fourth-order valence-electron chi connectivity index (χ4n) is 3.68. The maximum atomic E-state index is 8.76. The molecule has 35 heavy (non-hydrogen) atoms. The Hall–Kier alpha value is -3.63. The van der Waals surface area contributed by atoms with E-state index in [1.807, 2.05) is 56.4 Å². The van der Waals surface area contributed by atoms with Gasteiger partial charge in [0.25, 0.3) is 0 Å². The van der Waals surface area contributed by atoms with Gasteiger partial charge in [0, 0.05) is 57.0 Å². The van der Waals surface area contributed by atoms with Gasteiger partial charge >= 0.3 is 0 Å². The van der Waals surface area contributed by atoms with Gasteiger partial charge in [0.2, 0.25) is 0 Å². The first-order chi connectivity index (χ1) is 16.9. The van der Waals surface area contributed by atoms with Crippen LogP contribution in [-0.4, -0.2) is 69.4 Å². The largest absolute Gasteiger partial charge is 0.393 e. The van der Waals surface area contributed by atoms with Crippen molar-refractivity contribution in [3.05, 3.63) is 70.6 Å². The van der Waals surface area contributed by atoms with Gasteiger partial charge in [-0.05, 0) is 35.8 Å². The van der Waals surface area contributed by atoms with E-state index in [-0.39, 0.29) is 17.9 Å². The lowest BCUT2D eigenvalue weighted by Gasteiger charge is -2.41. The molecule has 0 aromatic heterocycles. The Morgan fingerprint density at radius 1 is 1.23 bits per heavy atom. The van der Waals surface area contributed by atoms with Crippen LogP contribution >= 0.6 is 0 Å². The number of methoxy groups -OCH3 is 1. The molecular formula is C25H36N8O2. The molecule has 10 nitrogen and oxygen atoms in total. The second kappa shape index (κ2) is 12.2. The molecule has 3 aliphatic heterocycles. The minimum atomic E-state index is 0.111. The smallest absolute Gasteiger partial charge is 0.130 e. The highest BCUT2D eigenvalue weighted by molar-refractivity contribution is 6.01. The molecular weight excluding hydrogens is 444 g/mol. The lowest BCUT2D eigenvalue weighted by atomic mass is 9.99. The molecule has 0 saturated carbocycles. The highest BCUT2D eigenvalue weighted by Crippen LogP contribution is 2.25. The van der Waals surface area contributed by atoms with E-state index in [4.69, 9.17) is 25.7 Å². The number of nitrogens with one attached hydrogen (secondary N) is 7. The third-order valence-corrected chi connectivity index (χ3v) is 5.73. The molecule has 3 aliphatic rings. The summed E-state index contributed by atoms with van der Waals surface area (Å²) in [6.07, 6.45) is 12.5. The Balaban J connectivity index is 1.65. The second-order valence-corrected chi connectivity index (χ2v) is 8.66. The summed E-state index contributed by atoms with van der Waals surface area (Å²) in [7, 11) is 3.47. The van der Waals surface area contributed by atoms with Gasteiger partial charge < -0.3 is 41.1 Å². The first-order valence-electron chi connectivity index (χ1n) is 11.6. The van der Waals surface area contributed by atoms with Crippen molar-refractivity contribution in [3.63, 3.8) is 0 Å². The van der Waals surface area contributed by atoms with Crippen molar-refractivity contribution in [3.8, 4) is 0 Å². The number of allylic oxidation sites excluding steroid dienone is 4. The molecule has 0 radical (unpaired) electrons. The van der Waals surface area contributed by atoms with Crippen molar-refractivity contribution in [1.82, 2.24) is 26.2 Å². The summed E-state index contributed by atoms with van der Waals surface area (Å²) in [6.45, 7) is 6.45. The first kappa shape index (κ1) is 26.0. The van der Waals surface area contributed by atoms with E-state index in [0.29, 0.717) is 38.0 Å². The van der Waals surface area contributed by atoms with Gasteiger partial charge in [0.15, 0.2) is 0 Å². The molecule has 0 bridgehead atoms. The van der Waals surface area contributed by atoms with Gasteiger partial charge in [-0.3, -0.25) is 10.8 Å². The molecule has 1 fully saturated rings. The quantitative estimate of drug-likeness (QED) is 0.136. The summed E-state index contributed by atoms with van der Waals surface area (Å²) in [6, 6.07) is 0. The molecule has 0 unspecified atom stereocenters. The van der Waals surface area contributed by atoms with Crippen molar-refractivity contribution in [2.45, 2.75) is 20.0 Å². The van der Waals surface area contributed by atoms with Crippen LogP contribution in [0.1, 0.15) is 13.8 Å². The highest BCUT2D eigenvalue weighted by atomic mass is 16.5. The summed E-state index contributed by atoms with van der Waals surface area (Å²) >= 11 is 0. The molecule has 0 aromatic carbocycles. The van der Waals surface area contributed by atoms with E-state index in [0.717, 1.165) is 28.1 Å². The van der Waals surface area contributed by atoms with Crippen LogP contribution in [0.25, 0.3) is 0 Å². The molecule has 0 spiro atoms. The number of rotatable bonds is 11. The molecule has 188 valence electrons. The number of dihydropyridines is 2. The average molecular weight is 481 g/mol. The van der Waals surface area contributed by atoms with E-state index >= 15 is 0 Å². The maximum absolute atomic E-state index is 8.76. The zero-order chi connectivity index (χ0) is 25.4. The minimum absolute atomic E-state index is 0.111. The molecule has 0 atom stereocenters. The molecule has 7 N–H and O–H groups in total. The first-order valence-corrected chi connectivity index (χ1v) is 11.6. The number of amidine groups is 2. The van der Waals surface area contributed by atoms with Crippen LogP contribution in [0, 0.1) is 22.1 Å². The monoisotopic (exact) mass is 480 g/mol. The van der Waals surface area contributed by atoms with Crippen LogP contribution in [-0.2, 0) is 9.47 Å². The zero-order valence-corrected chi connectivity index (χ0v) is 20.8. The third-order valence-electron chi connectivity index (χ3n) is 5.73. The van der Waals surface area contributed by atoms with Gasteiger partial charge in [-0.25, -0.2) is 0 Å². The summed E-state index contributed by atoms with van der Waals surface area (Å²) in [5.74, 6) is 1.45. The average Bonchev–Trinajstić information content (AvgIpc) is 2.81. The van der Waals surface area contributed by atoms with Crippen LogP contribution in [0.5, 0.6) is 0 Å². The Morgan fingerprint density at radius 2 is 2.00 bits per heavy atom. The third kappa shape index (κ3) is 6.71. The summed E-state index contributed by atoms with van der Waals surface area (Å²) in [4.78, 5) is 1.98. The Kier molecular flexibility index (Phi) is 9.04. The van der Waals surface area contributed by atoms with E-state index in [2.05, 4.69) is 21.3 Å². The van der Waals surface area contributed by atoms with E-state index in [1.54, 1.807) is 13.2 Å². The summed E-state index contributed by atoms with van der Waals surface area (Å²) < 4.78 is 10.8. The van der Waals surface area contributed by atoms with E-state index in [9.17, 15) is 0 Å². The van der Waals surface area contributed by atoms with Crippen LogP contribution in [0.2, 0.25) is 0 Å². The van der Waals surface area contributed by atoms with Gasteiger partial charge in [0.05, 0.1) is 30.7 Å². The van der Waals surface area contributed by atoms with Crippen molar-refractivity contribution >= 4 is 17.9 Å². The number of nitrogens with zero attached hydrogens (tertiary/aromatic N) is 1. The molecule has 3 rings (SSSR count). The van der Waals surface area contributed by atoms with Crippen molar-refractivity contribution in [2.75, 3.05) is 40.5 Å². The number of ether oxygens (including phenoxy) is 2. The predicted molar refractivity (Wildman–Crippen MR) is 139 cm³/mol. The molecule has 3 heterocycles. The maximum Gasteiger partial charge on any atom is 0.130 e. The fraction of sp³-hybridized carbons (Fsp3) is 0.400. The van der Waals surface area contributed by atoms with Gasteiger partial charge in [0.1, 0.15) is 17.5 Å². The zero-order valence-electron chi connectivity index (χ0n) is 20.8. The molecule has 0 aromatic rings. The van der Waals surface area contributed by atoms with Gasteiger partial charge in [-0.2, -0.15) is 0 Å². The summed E-state index contributed by atoms with van der Waals surface area (Å²) in [5, 5.41) is 37.2. The molecule has 0 aliphatic carbocycles.